The van der Waals surface area contributed by atoms with Crippen LogP contribution in [0.1, 0.15) is 11.1 Å². The Kier molecular flexibility index (Phi) is 1.51. The molecule has 2 rings (SSSR count). The summed E-state index contributed by atoms with van der Waals surface area (Å²) in [5.41, 5.74) is 2.09. The molecule has 58 valence electrons. The quantitative estimate of drug-likeness (QED) is 0.619. The lowest BCUT2D eigenvalue weighted by molar-refractivity contribution is 0.468. The van der Waals surface area contributed by atoms with Gasteiger partial charge in [0, 0.05) is 18.7 Å². The number of hydrogen-bond donors (Lipinski definition) is 2. The molecule has 0 fully saturated rings. The highest BCUT2D eigenvalue weighted by molar-refractivity contribution is 6.32. The lowest BCUT2D eigenvalue weighted by Crippen LogP contribution is -1.99. The van der Waals surface area contributed by atoms with Gasteiger partial charge in [0.05, 0.1) is 5.02 Å². The van der Waals surface area contributed by atoms with Crippen LogP contribution in [0.15, 0.2) is 12.1 Å². The van der Waals surface area contributed by atoms with Gasteiger partial charge >= 0.3 is 0 Å². The van der Waals surface area contributed by atoms with E-state index in [1.54, 1.807) is 6.07 Å². The third-order valence-electron chi connectivity index (χ3n) is 1.95. The molecule has 0 radical (unpaired) electrons. The van der Waals surface area contributed by atoms with Gasteiger partial charge in [-0.2, -0.15) is 0 Å². The minimum Gasteiger partial charge on any atom is -0.506 e. The van der Waals surface area contributed by atoms with E-state index in [9.17, 15) is 5.11 Å². The number of aromatic hydroxyl groups is 1. The van der Waals surface area contributed by atoms with Crippen LogP contribution in [0, 0.1) is 0 Å². The number of fused-ring (bicyclic) bond motifs is 1. The van der Waals surface area contributed by atoms with Crippen LogP contribution in [0.2, 0.25) is 5.02 Å². The second-order valence-corrected chi connectivity index (χ2v) is 3.04. The summed E-state index contributed by atoms with van der Waals surface area (Å²) in [4.78, 5) is 0. The number of rotatable bonds is 0. The molecule has 1 aliphatic heterocycles. The van der Waals surface area contributed by atoms with Crippen molar-refractivity contribution in [1.82, 2.24) is 5.32 Å². The predicted molar refractivity (Wildman–Crippen MR) is 43.7 cm³/mol. The Morgan fingerprint density at radius 3 is 3.00 bits per heavy atom. The van der Waals surface area contributed by atoms with Crippen molar-refractivity contribution in [3.05, 3.63) is 28.3 Å². The lowest BCUT2D eigenvalue weighted by Gasteiger charge is -2.01. The maximum Gasteiger partial charge on any atom is 0.138 e. The SMILES string of the molecule is Oc1c(Cl)ccc2c1CNC2. The Hall–Kier alpha value is -0.730. The van der Waals surface area contributed by atoms with Gasteiger partial charge in [-0.3, -0.25) is 0 Å². The van der Waals surface area contributed by atoms with Crippen molar-refractivity contribution in [3.8, 4) is 5.75 Å². The molecule has 3 heteroatoms. The zero-order valence-electron chi connectivity index (χ0n) is 5.89. The van der Waals surface area contributed by atoms with Crippen LogP contribution >= 0.6 is 11.6 Å². The van der Waals surface area contributed by atoms with Gasteiger partial charge in [-0.25, -0.2) is 0 Å². The van der Waals surface area contributed by atoms with Crippen LogP contribution in [0.3, 0.4) is 0 Å². The smallest absolute Gasteiger partial charge is 0.138 e. The van der Waals surface area contributed by atoms with Crippen molar-refractivity contribution >= 4 is 11.6 Å². The third-order valence-corrected chi connectivity index (χ3v) is 2.25. The zero-order chi connectivity index (χ0) is 7.84. The van der Waals surface area contributed by atoms with Crippen molar-refractivity contribution in [2.45, 2.75) is 13.1 Å². The average molecular weight is 170 g/mol. The Labute approximate surface area is 69.8 Å². The number of phenols is 1. The fourth-order valence-corrected chi connectivity index (χ4v) is 1.51. The van der Waals surface area contributed by atoms with Crippen LogP contribution in [-0.2, 0) is 13.1 Å². The largest absolute Gasteiger partial charge is 0.506 e. The zero-order valence-corrected chi connectivity index (χ0v) is 6.65. The topological polar surface area (TPSA) is 32.3 Å². The molecular formula is C8H8ClNO. The highest BCUT2D eigenvalue weighted by Crippen LogP contribution is 2.32. The first-order chi connectivity index (χ1) is 5.29. The molecule has 0 saturated heterocycles. The van der Waals surface area contributed by atoms with E-state index in [0.717, 1.165) is 24.2 Å². The molecule has 0 saturated carbocycles. The number of benzene rings is 1. The molecule has 0 atom stereocenters. The van der Waals surface area contributed by atoms with Crippen molar-refractivity contribution < 1.29 is 5.11 Å². The Bertz CT molecular complexity index is 298. The van der Waals surface area contributed by atoms with Gasteiger partial charge in [0.2, 0.25) is 0 Å². The van der Waals surface area contributed by atoms with E-state index in [4.69, 9.17) is 11.6 Å². The molecule has 1 aromatic rings. The molecule has 11 heavy (non-hydrogen) atoms. The number of nitrogens with one attached hydrogen (secondary N) is 1. The molecule has 0 aliphatic carbocycles. The van der Waals surface area contributed by atoms with Crippen LogP contribution in [0.5, 0.6) is 5.75 Å². The maximum absolute atomic E-state index is 9.45. The highest BCUT2D eigenvalue weighted by Gasteiger charge is 2.15. The second-order valence-electron chi connectivity index (χ2n) is 2.64. The summed E-state index contributed by atoms with van der Waals surface area (Å²) in [6.07, 6.45) is 0. The average Bonchev–Trinajstić information content (AvgIpc) is 2.45. The van der Waals surface area contributed by atoms with Crippen LogP contribution in [-0.4, -0.2) is 5.11 Å². The van der Waals surface area contributed by atoms with E-state index in [0.29, 0.717) is 5.02 Å². The monoisotopic (exact) mass is 169 g/mol. The van der Waals surface area contributed by atoms with Gasteiger partial charge in [0.25, 0.3) is 0 Å². The standard InChI is InChI=1S/C8H8ClNO/c9-7-2-1-5-3-10-4-6(5)8(7)11/h1-2,10-11H,3-4H2. The Balaban J connectivity index is 2.62. The molecule has 1 aliphatic rings. The second kappa shape index (κ2) is 2.40. The first-order valence-corrected chi connectivity index (χ1v) is 3.87. The van der Waals surface area contributed by atoms with Gasteiger partial charge in [-0.15, -0.1) is 0 Å². The van der Waals surface area contributed by atoms with E-state index in [-0.39, 0.29) is 5.75 Å². The minimum atomic E-state index is 0.231. The van der Waals surface area contributed by atoms with Crippen molar-refractivity contribution in [2.24, 2.45) is 0 Å². The number of halogens is 1. The molecule has 1 heterocycles. The van der Waals surface area contributed by atoms with Crippen molar-refractivity contribution in [1.29, 1.82) is 0 Å². The molecule has 0 unspecified atom stereocenters. The molecule has 0 amide bonds. The van der Waals surface area contributed by atoms with E-state index >= 15 is 0 Å². The predicted octanol–water partition coefficient (Wildman–Crippen LogP) is 1.65. The van der Waals surface area contributed by atoms with Crippen LogP contribution in [0.25, 0.3) is 0 Å². The summed E-state index contributed by atoms with van der Waals surface area (Å²) in [6.45, 7) is 1.56. The first kappa shape index (κ1) is 6.95. The molecule has 2 nitrogen and oxygen atoms in total. The highest BCUT2D eigenvalue weighted by atomic mass is 35.5. The fourth-order valence-electron chi connectivity index (χ4n) is 1.33. The summed E-state index contributed by atoms with van der Waals surface area (Å²) < 4.78 is 0. The lowest BCUT2D eigenvalue weighted by atomic mass is 10.1. The summed E-state index contributed by atoms with van der Waals surface area (Å²) in [5, 5.41) is 13.0. The first-order valence-electron chi connectivity index (χ1n) is 3.49. The van der Waals surface area contributed by atoms with Gasteiger partial charge in [0.15, 0.2) is 0 Å². The molecule has 0 spiro atoms. The minimum absolute atomic E-state index is 0.231. The van der Waals surface area contributed by atoms with Crippen molar-refractivity contribution in [2.75, 3.05) is 0 Å². The van der Waals surface area contributed by atoms with E-state index < -0.39 is 0 Å². The number of phenolic OH excluding ortho intramolecular Hbond substituents is 1. The van der Waals surface area contributed by atoms with E-state index in [1.807, 2.05) is 6.07 Å². The van der Waals surface area contributed by atoms with Gasteiger partial charge in [-0.1, -0.05) is 17.7 Å². The summed E-state index contributed by atoms with van der Waals surface area (Å²) in [6, 6.07) is 3.67. The Morgan fingerprint density at radius 2 is 2.18 bits per heavy atom. The summed E-state index contributed by atoms with van der Waals surface area (Å²) in [5.74, 6) is 0.231. The van der Waals surface area contributed by atoms with Crippen molar-refractivity contribution in [3.63, 3.8) is 0 Å². The molecule has 0 aromatic heterocycles. The molecule has 1 aromatic carbocycles. The normalized spacial score (nSPS) is 15.0. The molecular weight excluding hydrogens is 162 g/mol. The number of hydrogen-bond acceptors (Lipinski definition) is 2. The van der Waals surface area contributed by atoms with Gasteiger partial charge < -0.3 is 10.4 Å². The molecule has 2 N–H and O–H groups in total. The molecule has 0 bridgehead atoms. The fraction of sp³-hybridized carbons (Fsp3) is 0.250. The van der Waals surface area contributed by atoms with Gasteiger partial charge in [-0.05, 0) is 11.6 Å². The summed E-state index contributed by atoms with van der Waals surface area (Å²) in [7, 11) is 0. The van der Waals surface area contributed by atoms with E-state index in [1.165, 1.54) is 0 Å². The Morgan fingerprint density at radius 1 is 1.36 bits per heavy atom. The van der Waals surface area contributed by atoms with Gasteiger partial charge in [0.1, 0.15) is 5.75 Å². The van der Waals surface area contributed by atoms with Crippen LogP contribution < -0.4 is 5.32 Å². The summed E-state index contributed by atoms with van der Waals surface area (Å²) >= 11 is 5.71. The third kappa shape index (κ3) is 0.988. The van der Waals surface area contributed by atoms with Crippen LogP contribution in [0.4, 0.5) is 0 Å². The maximum atomic E-state index is 9.45. The van der Waals surface area contributed by atoms with E-state index in [2.05, 4.69) is 5.32 Å².